The zero-order valence-electron chi connectivity index (χ0n) is 13.1. The molecule has 0 heterocycles. The summed E-state index contributed by atoms with van der Waals surface area (Å²) in [7, 11) is 1.67. The van der Waals surface area contributed by atoms with Crippen molar-refractivity contribution in [3.05, 3.63) is 28.2 Å². The maximum Gasteiger partial charge on any atom is 0.119 e. The molecule has 0 aliphatic rings. The molecule has 1 aromatic carbocycles. The number of hydrogen-bond donors (Lipinski definition) is 1. The molecule has 0 saturated carbocycles. The Kier molecular flexibility index (Phi) is 6.49. The molecule has 114 valence electrons. The minimum absolute atomic E-state index is 0.0147. The van der Waals surface area contributed by atoms with E-state index in [1.807, 2.05) is 25.1 Å². The van der Waals surface area contributed by atoms with Gasteiger partial charge in [-0.3, -0.25) is 0 Å². The van der Waals surface area contributed by atoms with E-state index < -0.39 is 0 Å². The van der Waals surface area contributed by atoms with Gasteiger partial charge in [0.25, 0.3) is 0 Å². The van der Waals surface area contributed by atoms with Crippen LogP contribution in [0, 0.1) is 5.41 Å². The van der Waals surface area contributed by atoms with Gasteiger partial charge in [0.2, 0.25) is 0 Å². The standard InChI is InChI=1S/C16H26BrNO2/c1-6-20-15(16(2,3)4)14(18)10-11-9-12(19-5)7-8-13(11)17/h7-9,14-15H,6,10,18H2,1-5H3. The Hall–Kier alpha value is -0.580. The van der Waals surface area contributed by atoms with E-state index >= 15 is 0 Å². The molecule has 0 radical (unpaired) electrons. The van der Waals surface area contributed by atoms with E-state index in [4.69, 9.17) is 15.2 Å². The third-order valence-electron chi connectivity index (χ3n) is 3.30. The molecule has 4 heteroatoms. The van der Waals surface area contributed by atoms with Gasteiger partial charge in [-0.25, -0.2) is 0 Å². The van der Waals surface area contributed by atoms with Crippen molar-refractivity contribution < 1.29 is 9.47 Å². The van der Waals surface area contributed by atoms with E-state index in [0.29, 0.717) is 6.61 Å². The maximum absolute atomic E-state index is 6.40. The fourth-order valence-corrected chi connectivity index (χ4v) is 2.80. The lowest BCUT2D eigenvalue weighted by Crippen LogP contribution is -2.46. The summed E-state index contributed by atoms with van der Waals surface area (Å²) < 4.78 is 12.2. The molecule has 0 fully saturated rings. The Bertz CT molecular complexity index is 429. The van der Waals surface area contributed by atoms with Crippen molar-refractivity contribution in [2.75, 3.05) is 13.7 Å². The van der Waals surface area contributed by atoms with Gasteiger partial charge < -0.3 is 15.2 Å². The van der Waals surface area contributed by atoms with Crippen LogP contribution in [-0.4, -0.2) is 25.9 Å². The molecule has 0 spiro atoms. The van der Waals surface area contributed by atoms with Crippen LogP contribution in [0.15, 0.2) is 22.7 Å². The van der Waals surface area contributed by atoms with E-state index in [9.17, 15) is 0 Å². The SMILES string of the molecule is CCOC(C(N)Cc1cc(OC)ccc1Br)C(C)(C)C. The quantitative estimate of drug-likeness (QED) is 0.854. The normalized spacial score (nSPS) is 14.9. The molecule has 2 atom stereocenters. The molecule has 20 heavy (non-hydrogen) atoms. The van der Waals surface area contributed by atoms with Crippen molar-refractivity contribution in [2.45, 2.75) is 46.3 Å². The van der Waals surface area contributed by atoms with Crippen LogP contribution in [0.4, 0.5) is 0 Å². The largest absolute Gasteiger partial charge is 0.497 e. The lowest BCUT2D eigenvalue weighted by molar-refractivity contribution is -0.0274. The lowest BCUT2D eigenvalue weighted by Gasteiger charge is -2.35. The smallest absolute Gasteiger partial charge is 0.119 e. The molecule has 3 nitrogen and oxygen atoms in total. The number of halogens is 1. The van der Waals surface area contributed by atoms with Crippen molar-refractivity contribution in [3.63, 3.8) is 0 Å². The van der Waals surface area contributed by atoms with Gasteiger partial charge in [-0.05, 0) is 42.5 Å². The predicted molar refractivity (Wildman–Crippen MR) is 87.2 cm³/mol. The van der Waals surface area contributed by atoms with Crippen molar-refractivity contribution in [2.24, 2.45) is 11.1 Å². The molecule has 0 bridgehead atoms. The predicted octanol–water partition coefficient (Wildman–Crippen LogP) is 3.78. The van der Waals surface area contributed by atoms with Crippen molar-refractivity contribution in [1.82, 2.24) is 0 Å². The van der Waals surface area contributed by atoms with Gasteiger partial charge in [-0.2, -0.15) is 0 Å². The lowest BCUT2D eigenvalue weighted by atomic mass is 9.82. The summed E-state index contributed by atoms with van der Waals surface area (Å²) in [6, 6.07) is 5.89. The number of methoxy groups -OCH3 is 1. The molecule has 0 saturated heterocycles. The first-order valence-electron chi connectivity index (χ1n) is 6.99. The van der Waals surface area contributed by atoms with E-state index in [1.165, 1.54) is 0 Å². The monoisotopic (exact) mass is 343 g/mol. The summed E-state index contributed by atoms with van der Waals surface area (Å²) in [6.07, 6.45) is 0.769. The first-order chi connectivity index (χ1) is 9.29. The van der Waals surface area contributed by atoms with Crippen molar-refractivity contribution in [3.8, 4) is 5.75 Å². The Balaban J connectivity index is 2.90. The molecular weight excluding hydrogens is 318 g/mol. The summed E-state index contributed by atoms with van der Waals surface area (Å²) in [4.78, 5) is 0. The molecule has 1 aromatic rings. The van der Waals surface area contributed by atoms with Gasteiger partial charge in [0, 0.05) is 17.1 Å². The van der Waals surface area contributed by atoms with Gasteiger partial charge in [-0.1, -0.05) is 36.7 Å². The molecule has 0 aromatic heterocycles. The van der Waals surface area contributed by atoms with Gasteiger partial charge in [0.05, 0.1) is 13.2 Å². The minimum atomic E-state index is -0.0571. The zero-order valence-corrected chi connectivity index (χ0v) is 14.7. The molecule has 1 rings (SSSR count). The molecule has 2 N–H and O–H groups in total. The zero-order chi connectivity index (χ0) is 15.3. The van der Waals surface area contributed by atoms with Gasteiger partial charge >= 0.3 is 0 Å². The van der Waals surface area contributed by atoms with Crippen LogP contribution >= 0.6 is 15.9 Å². The second-order valence-electron chi connectivity index (χ2n) is 6.07. The minimum Gasteiger partial charge on any atom is -0.497 e. The summed E-state index contributed by atoms with van der Waals surface area (Å²) in [5.74, 6) is 0.846. The second-order valence-corrected chi connectivity index (χ2v) is 6.92. The molecule has 2 unspecified atom stereocenters. The Morgan fingerprint density at radius 2 is 1.95 bits per heavy atom. The number of nitrogens with two attached hydrogens (primary N) is 1. The van der Waals surface area contributed by atoms with Crippen LogP contribution in [0.25, 0.3) is 0 Å². The van der Waals surface area contributed by atoms with E-state index in [1.54, 1.807) is 7.11 Å². The van der Waals surface area contributed by atoms with E-state index in [0.717, 1.165) is 22.2 Å². The highest BCUT2D eigenvalue weighted by atomic mass is 79.9. The van der Waals surface area contributed by atoms with Gasteiger partial charge in [0.1, 0.15) is 5.75 Å². The van der Waals surface area contributed by atoms with Crippen LogP contribution in [0.3, 0.4) is 0 Å². The Labute approximate surface area is 131 Å². The summed E-state index contributed by atoms with van der Waals surface area (Å²) in [6.45, 7) is 9.16. The molecule has 0 aliphatic carbocycles. The highest BCUT2D eigenvalue weighted by Gasteiger charge is 2.31. The van der Waals surface area contributed by atoms with Crippen molar-refractivity contribution >= 4 is 15.9 Å². The second kappa shape index (κ2) is 7.43. The first kappa shape index (κ1) is 17.5. The van der Waals surface area contributed by atoms with Crippen LogP contribution in [0.5, 0.6) is 5.75 Å². The van der Waals surface area contributed by atoms with Crippen LogP contribution in [0.1, 0.15) is 33.3 Å². The number of rotatable bonds is 6. The van der Waals surface area contributed by atoms with Crippen LogP contribution < -0.4 is 10.5 Å². The highest BCUT2D eigenvalue weighted by molar-refractivity contribution is 9.10. The molecular formula is C16H26BrNO2. The summed E-state index contributed by atoms with van der Waals surface area (Å²) in [5.41, 5.74) is 7.55. The maximum atomic E-state index is 6.40. The fourth-order valence-electron chi connectivity index (χ4n) is 2.39. The number of hydrogen-bond acceptors (Lipinski definition) is 3. The van der Waals surface area contributed by atoms with Gasteiger partial charge in [0.15, 0.2) is 0 Å². The Morgan fingerprint density at radius 1 is 1.30 bits per heavy atom. The van der Waals surface area contributed by atoms with E-state index in [2.05, 4.69) is 36.7 Å². The molecule has 0 aliphatic heterocycles. The Morgan fingerprint density at radius 3 is 2.45 bits per heavy atom. The number of ether oxygens (including phenoxy) is 2. The summed E-state index contributed by atoms with van der Waals surface area (Å²) >= 11 is 3.57. The molecule has 0 amide bonds. The fraction of sp³-hybridized carbons (Fsp3) is 0.625. The topological polar surface area (TPSA) is 44.5 Å². The van der Waals surface area contributed by atoms with Gasteiger partial charge in [-0.15, -0.1) is 0 Å². The van der Waals surface area contributed by atoms with Crippen molar-refractivity contribution in [1.29, 1.82) is 0 Å². The first-order valence-corrected chi connectivity index (χ1v) is 7.78. The average Bonchev–Trinajstić information content (AvgIpc) is 2.37. The number of benzene rings is 1. The average molecular weight is 344 g/mol. The summed E-state index contributed by atoms with van der Waals surface area (Å²) in [5, 5.41) is 0. The van der Waals surface area contributed by atoms with Crippen LogP contribution in [-0.2, 0) is 11.2 Å². The van der Waals surface area contributed by atoms with E-state index in [-0.39, 0.29) is 17.6 Å². The highest BCUT2D eigenvalue weighted by Crippen LogP contribution is 2.29. The third kappa shape index (κ3) is 4.76. The third-order valence-corrected chi connectivity index (χ3v) is 4.07. The van der Waals surface area contributed by atoms with Crippen LogP contribution in [0.2, 0.25) is 0 Å².